The number of methoxy groups -OCH3 is 3. The summed E-state index contributed by atoms with van der Waals surface area (Å²) in [4.78, 5) is 42.7. The maximum atomic E-state index is 13.6. The van der Waals surface area contributed by atoms with Gasteiger partial charge < -0.3 is 18.9 Å². The van der Waals surface area contributed by atoms with Crippen molar-refractivity contribution in [3.63, 3.8) is 0 Å². The van der Waals surface area contributed by atoms with Crippen LogP contribution < -0.4 is 29.1 Å². The minimum absolute atomic E-state index is 0.279. The number of fused-ring (bicyclic) bond motifs is 1. The molecule has 186 valence electrons. The Morgan fingerprint density at radius 3 is 2.36 bits per heavy atom. The van der Waals surface area contributed by atoms with Crippen LogP contribution in [0.1, 0.15) is 31.0 Å². The molecule has 0 radical (unpaired) electrons. The lowest BCUT2D eigenvalue weighted by Gasteiger charge is -2.24. The van der Waals surface area contributed by atoms with E-state index < -0.39 is 18.0 Å². The number of carbonyl (C=O) groups is 2. The van der Waals surface area contributed by atoms with Gasteiger partial charge in [-0.25, -0.2) is 9.79 Å². The van der Waals surface area contributed by atoms with Crippen LogP contribution in [0.15, 0.2) is 63.5 Å². The van der Waals surface area contributed by atoms with Crippen molar-refractivity contribution in [1.29, 1.82) is 0 Å². The van der Waals surface area contributed by atoms with E-state index >= 15 is 0 Å². The van der Waals surface area contributed by atoms with Gasteiger partial charge in [0.2, 0.25) is 0 Å². The number of ether oxygens (including phenoxy) is 4. The van der Waals surface area contributed by atoms with Crippen molar-refractivity contribution < 1.29 is 28.5 Å². The Kier molecular flexibility index (Phi) is 7.07. The van der Waals surface area contributed by atoms with Crippen molar-refractivity contribution >= 4 is 29.4 Å². The van der Waals surface area contributed by atoms with Crippen LogP contribution in [0.3, 0.4) is 0 Å². The lowest BCUT2D eigenvalue weighted by atomic mass is 9.96. The average Bonchev–Trinajstić information content (AvgIpc) is 3.17. The predicted octanol–water partition coefficient (Wildman–Crippen LogP) is 2.35. The van der Waals surface area contributed by atoms with Crippen molar-refractivity contribution in [3.8, 4) is 17.2 Å². The third-order valence-corrected chi connectivity index (χ3v) is 6.58. The van der Waals surface area contributed by atoms with E-state index in [4.69, 9.17) is 18.9 Å². The van der Waals surface area contributed by atoms with Gasteiger partial charge in [-0.1, -0.05) is 29.5 Å². The number of hydrogen-bond donors (Lipinski definition) is 0. The molecule has 1 aromatic heterocycles. The second kappa shape index (κ2) is 10.2. The van der Waals surface area contributed by atoms with Crippen molar-refractivity contribution in [2.75, 3.05) is 21.3 Å². The molecule has 0 spiro atoms. The summed E-state index contributed by atoms with van der Waals surface area (Å²) >= 11 is 1.21. The molecule has 0 saturated heterocycles. The quantitative estimate of drug-likeness (QED) is 0.372. The van der Waals surface area contributed by atoms with E-state index in [1.54, 1.807) is 62.6 Å². The number of thiazole rings is 1. The number of nitrogens with zero attached hydrogens (tertiary/aromatic N) is 2. The molecule has 0 saturated carbocycles. The van der Waals surface area contributed by atoms with E-state index in [1.807, 2.05) is 0 Å². The molecule has 1 aliphatic heterocycles. The highest BCUT2D eigenvalue weighted by atomic mass is 32.1. The number of allylic oxidation sites excluding steroid dienone is 1. The molecule has 0 aliphatic carbocycles. The Morgan fingerprint density at radius 1 is 1.03 bits per heavy atom. The minimum Gasteiger partial charge on any atom is -0.497 e. The molecule has 2 aromatic carbocycles. The van der Waals surface area contributed by atoms with Gasteiger partial charge in [-0.3, -0.25) is 14.2 Å². The summed E-state index contributed by atoms with van der Waals surface area (Å²) < 4.78 is 22.7. The highest BCUT2D eigenvalue weighted by molar-refractivity contribution is 7.07. The summed E-state index contributed by atoms with van der Waals surface area (Å²) in [7, 11) is 4.33. The van der Waals surface area contributed by atoms with Crippen LogP contribution in [0.25, 0.3) is 6.08 Å². The standard InChI is InChI=1S/C26H24N2O7S/c1-14-22(25(31)34-5)23(17-7-9-18(32-3)10-8-17)28-24(30)21(36-26(28)27-14)13-16-6-11-19(35-15(2)29)20(12-16)33-4/h6-13,23H,1-5H3/b21-13-/t23-/m1/s1. The normalized spacial score (nSPS) is 15.1. The number of esters is 2. The zero-order chi connectivity index (χ0) is 26.0. The van der Waals surface area contributed by atoms with Gasteiger partial charge in [0, 0.05) is 6.92 Å². The molecule has 1 atom stereocenters. The second-order valence-corrected chi connectivity index (χ2v) is 8.86. The largest absolute Gasteiger partial charge is 0.497 e. The van der Waals surface area contributed by atoms with Crippen molar-refractivity contribution in [1.82, 2.24) is 4.57 Å². The number of rotatable bonds is 6. The third kappa shape index (κ3) is 4.67. The van der Waals surface area contributed by atoms with Crippen LogP contribution >= 0.6 is 11.3 Å². The van der Waals surface area contributed by atoms with Gasteiger partial charge in [-0.2, -0.15) is 0 Å². The Hall–Kier alpha value is -4.18. The smallest absolute Gasteiger partial charge is 0.338 e. The van der Waals surface area contributed by atoms with Gasteiger partial charge in [0.25, 0.3) is 5.56 Å². The molecule has 10 heteroatoms. The minimum atomic E-state index is -0.720. The Morgan fingerprint density at radius 2 is 1.75 bits per heavy atom. The summed E-state index contributed by atoms with van der Waals surface area (Å²) in [6.45, 7) is 3.02. The van der Waals surface area contributed by atoms with E-state index in [2.05, 4.69) is 4.99 Å². The summed E-state index contributed by atoms with van der Waals surface area (Å²) in [5.41, 5.74) is 1.83. The van der Waals surface area contributed by atoms with Crippen molar-refractivity contribution in [2.45, 2.75) is 19.9 Å². The third-order valence-electron chi connectivity index (χ3n) is 5.60. The average molecular weight is 509 g/mol. The topological polar surface area (TPSA) is 105 Å². The molecule has 2 heterocycles. The monoisotopic (exact) mass is 508 g/mol. The van der Waals surface area contributed by atoms with Crippen molar-refractivity contribution in [2.24, 2.45) is 4.99 Å². The van der Waals surface area contributed by atoms with Crippen LogP contribution in [0.4, 0.5) is 0 Å². The van der Waals surface area contributed by atoms with E-state index in [0.717, 1.165) is 0 Å². The van der Waals surface area contributed by atoms with Gasteiger partial charge in [0.15, 0.2) is 16.3 Å². The summed E-state index contributed by atoms with van der Waals surface area (Å²) in [6, 6.07) is 11.4. The number of benzene rings is 2. The van der Waals surface area contributed by atoms with Gasteiger partial charge in [-0.15, -0.1) is 0 Å². The first kappa shape index (κ1) is 24.9. The SMILES string of the molecule is COC(=O)C1=C(C)N=c2s/c(=C\c3ccc(OC(C)=O)c(OC)c3)c(=O)n2[C@@H]1c1ccc(OC)cc1. The van der Waals surface area contributed by atoms with E-state index in [1.165, 1.54) is 37.0 Å². The molecule has 0 unspecified atom stereocenters. The molecule has 9 nitrogen and oxygen atoms in total. The summed E-state index contributed by atoms with van der Waals surface area (Å²) in [5.74, 6) is 0.257. The molecule has 3 aromatic rings. The van der Waals surface area contributed by atoms with Gasteiger partial charge in [0.1, 0.15) is 5.75 Å². The molecular weight excluding hydrogens is 484 g/mol. The lowest BCUT2D eigenvalue weighted by molar-refractivity contribution is -0.136. The van der Waals surface area contributed by atoms with Gasteiger partial charge >= 0.3 is 11.9 Å². The molecule has 1 aliphatic rings. The molecule has 4 rings (SSSR count). The van der Waals surface area contributed by atoms with Crippen LogP contribution in [-0.2, 0) is 14.3 Å². The van der Waals surface area contributed by atoms with Crippen LogP contribution in [0.2, 0.25) is 0 Å². The number of carbonyl (C=O) groups excluding carboxylic acids is 2. The van der Waals surface area contributed by atoms with Crippen LogP contribution in [0, 0.1) is 0 Å². The Balaban J connectivity index is 1.89. The first-order valence-corrected chi connectivity index (χ1v) is 11.7. The van der Waals surface area contributed by atoms with E-state index in [0.29, 0.717) is 37.7 Å². The van der Waals surface area contributed by atoms with E-state index in [-0.39, 0.29) is 16.9 Å². The first-order chi connectivity index (χ1) is 17.3. The number of aromatic nitrogens is 1. The Bertz CT molecular complexity index is 1550. The zero-order valence-corrected chi connectivity index (χ0v) is 21.2. The highest BCUT2D eigenvalue weighted by Gasteiger charge is 2.33. The zero-order valence-electron chi connectivity index (χ0n) is 20.4. The molecular formula is C26H24N2O7S. The molecule has 36 heavy (non-hydrogen) atoms. The molecule has 0 amide bonds. The second-order valence-electron chi connectivity index (χ2n) is 7.85. The maximum Gasteiger partial charge on any atom is 0.338 e. The van der Waals surface area contributed by atoms with Crippen LogP contribution in [0.5, 0.6) is 17.2 Å². The molecule has 0 bridgehead atoms. The van der Waals surface area contributed by atoms with Crippen LogP contribution in [-0.4, -0.2) is 37.8 Å². The predicted molar refractivity (Wildman–Crippen MR) is 133 cm³/mol. The fraction of sp³-hybridized carbons (Fsp3) is 0.231. The first-order valence-electron chi connectivity index (χ1n) is 10.9. The fourth-order valence-corrected chi connectivity index (χ4v) is 5.01. The number of hydrogen-bond acceptors (Lipinski definition) is 9. The van der Waals surface area contributed by atoms with E-state index in [9.17, 15) is 14.4 Å². The highest BCUT2D eigenvalue weighted by Crippen LogP contribution is 2.32. The maximum absolute atomic E-state index is 13.6. The van der Waals surface area contributed by atoms with Gasteiger partial charge in [-0.05, 0) is 48.4 Å². The van der Waals surface area contributed by atoms with Gasteiger partial charge in [0.05, 0.1) is 43.2 Å². The summed E-state index contributed by atoms with van der Waals surface area (Å²) in [6.07, 6.45) is 1.70. The lowest BCUT2D eigenvalue weighted by Crippen LogP contribution is -2.39. The molecule has 0 N–H and O–H groups in total. The van der Waals surface area contributed by atoms with Crippen molar-refractivity contribution in [3.05, 3.63) is 84.5 Å². The molecule has 0 fully saturated rings. The Labute approximate surface area is 210 Å². The summed E-state index contributed by atoms with van der Waals surface area (Å²) in [5, 5.41) is 0. The fourth-order valence-electron chi connectivity index (χ4n) is 3.96.